The van der Waals surface area contributed by atoms with Crippen molar-refractivity contribution in [3.8, 4) is 0 Å². The highest BCUT2D eigenvalue weighted by atomic mass is 31.2. The molecule has 0 aliphatic carbocycles. The fourth-order valence-electron chi connectivity index (χ4n) is 4.71. The number of carbonyl (C=O) groups excluding carboxylic acids is 1. The molecule has 13 nitrogen and oxygen atoms in total. The van der Waals surface area contributed by atoms with Crippen LogP contribution in [0.4, 0.5) is 0 Å². The van der Waals surface area contributed by atoms with Gasteiger partial charge in [0.1, 0.15) is 31.0 Å². The summed E-state index contributed by atoms with van der Waals surface area (Å²) in [5, 5.41) is 51.7. The maximum absolute atomic E-state index is 12.0. The van der Waals surface area contributed by atoms with E-state index in [4.69, 9.17) is 18.5 Å². The van der Waals surface area contributed by atoms with Crippen molar-refractivity contribution in [1.82, 2.24) is 5.32 Å². The van der Waals surface area contributed by atoms with Gasteiger partial charge in [0.25, 0.3) is 0 Å². The Morgan fingerprint density at radius 2 is 1.44 bits per heavy atom. The molecule has 7 N–H and O–H groups in total. The fourth-order valence-corrected chi connectivity index (χ4v) is 5.47. The summed E-state index contributed by atoms with van der Waals surface area (Å²) < 4.78 is 31.4. The van der Waals surface area contributed by atoms with Crippen LogP contribution in [0.15, 0.2) is 0 Å². The van der Waals surface area contributed by atoms with Crippen LogP contribution < -0.4 is 5.32 Å². The Hall–Kier alpha value is -0.700. The molecule has 0 radical (unpaired) electrons. The van der Waals surface area contributed by atoms with Crippen molar-refractivity contribution in [1.29, 1.82) is 0 Å². The minimum absolute atomic E-state index is 0.0651. The number of hydrogen-bond acceptors (Lipinski definition) is 12. The van der Waals surface area contributed by atoms with E-state index in [1.165, 1.54) is 70.6 Å². The molecule has 0 amide bonds. The minimum Gasteiger partial charge on any atom is -0.463 e. The summed E-state index contributed by atoms with van der Waals surface area (Å²) >= 11 is 0. The maximum atomic E-state index is 12.0. The topological polar surface area (TPSA) is 204 Å². The first-order chi connectivity index (χ1) is 20.5. The summed E-state index contributed by atoms with van der Waals surface area (Å²) in [5.74, 6) is -2.61. The highest BCUT2D eigenvalue weighted by Crippen LogP contribution is 2.42. The van der Waals surface area contributed by atoms with Crippen LogP contribution in [-0.4, -0.2) is 106 Å². The van der Waals surface area contributed by atoms with Crippen molar-refractivity contribution < 1.29 is 58.3 Å². The average Bonchev–Trinajstić information content (AvgIpc) is 2.98. The predicted octanol–water partition coefficient (Wildman–Crippen LogP) is 2.68. The first-order valence-electron chi connectivity index (χ1n) is 16.1. The third kappa shape index (κ3) is 19.4. The van der Waals surface area contributed by atoms with Gasteiger partial charge in [0.2, 0.25) is 5.79 Å². The molecule has 1 unspecified atom stereocenters. The second-order valence-corrected chi connectivity index (χ2v) is 12.9. The molecule has 0 spiro atoms. The number of aliphatic hydroxyl groups excluding tert-OH is 4. The molecule has 0 aromatic heterocycles. The zero-order chi connectivity index (χ0) is 32.0. The lowest BCUT2D eigenvalue weighted by molar-refractivity contribution is -0.317. The van der Waals surface area contributed by atoms with E-state index < -0.39 is 50.6 Å². The van der Waals surface area contributed by atoms with Gasteiger partial charge in [-0.15, -0.1) is 0 Å². The predicted molar refractivity (Wildman–Crippen MR) is 160 cm³/mol. The van der Waals surface area contributed by atoms with Crippen molar-refractivity contribution in [2.75, 3.05) is 39.5 Å². The molecule has 1 heterocycles. The number of nitrogens with one attached hydrogen (secondary N) is 1. The quantitative estimate of drug-likeness (QED) is 0.0391. The summed E-state index contributed by atoms with van der Waals surface area (Å²) in [4.78, 5) is 21.6. The summed E-state index contributed by atoms with van der Waals surface area (Å²) in [6.07, 6.45) is 12.7. The Bertz CT molecular complexity index is 763. The second-order valence-electron chi connectivity index (χ2n) is 11.5. The Kier molecular flexibility index (Phi) is 22.1. The molecular weight excluding hydrogens is 585 g/mol. The van der Waals surface area contributed by atoms with Gasteiger partial charge in [-0.1, -0.05) is 96.8 Å². The van der Waals surface area contributed by atoms with Crippen molar-refractivity contribution in [2.45, 2.75) is 140 Å². The number of carbonyl (C=O) groups is 1. The van der Waals surface area contributed by atoms with E-state index in [9.17, 15) is 39.8 Å². The van der Waals surface area contributed by atoms with Crippen molar-refractivity contribution in [3.05, 3.63) is 0 Å². The van der Waals surface area contributed by atoms with Gasteiger partial charge in [-0.25, -0.2) is 4.57 Å². The largest absolute Gasteiger partial charge is 0.472 e. The molecule has 0 bridgehead atoms. The number of aliphatic hydroxyl groups is 5. The highest BCUT2D eigenvalue weighted by molar-refractivity contribution is 7.47. The van der Waals surface area contributed by atoms with Gasteiger partial charge in [-0.3, -0.25) is 13.8 Å². The number of esters is 1. The van der Waals surface area contributed by atoms with E-state index in [0.717, 1.165) is 19.3 Å². The van der Waals surface area contributed by atoms with E-state index in [1.807, 2.05) is 0 Å². The molecule has 6 atom stereocenters. The molecule has 1 fully saturated rings. The van der Waals surface area contributed by atoms with Crippen LogP contribution in [-0.2, 0) is 27.9 Å². The fraction of sp³-hybridized carbons (Fsp3) is 0.966. The lowest BCUT2D eigenvalue weighted by Gasteiger charge is -2.41. The Labute approximate surface area is 256 Å². The van der Waals surface area contributed by atoms with Crippen LogP contribution in [0.3, 0.4) is 0 Å². The Morgan fingerprint density at radius 3 is 2.00 bits per heavy atom. The summed E-state index contributed by atoms with van der Waals surface area (Å²) in [7, 11) is -4.52. The van der Waals surface area contributed by atoms with Gasteiger partial charge in [-0.2, -0.15) is 0 Å². The van der Waals surface area contributed by atoms with Crippen LogP contribution in [0, 0.1) is 0 Å². The second kappa shape index (κ2) is 23.6. The molecule has 1 aliphatic heterocycles. The lowest BCUT2D eigenvalue weighted by atomic mass is 9.97. The third-order valence-corrected chi connectivity index (χ3v) is 8.43. The standard InChI is InChI=1S/C29H58NO12P/c1-2-3-4-5-6-7-8-9-10-11-12-13-14-15-16-17-26(33)39-20-24(31)21-42-43(37,38)41-19-18-30-23-29(36)28(35)27(34)25(32)22-40-29/h24-25,27-28,30-32,34-36H,2-23H2,1H3,(H,37,38)/t24-,25-,27-,28+,29-/m1/s1. The maximum Gasteiger partial charge on any atom is 0.472 e. The molecule has 0 aromatic carbocycles. The third-order valence-electron chi connectivity index (χ3n) is 7.45. The van der Waals surface area contributed by atoms with Crippen molar-refractivity contribution >= 4 is 13.8 Å². The van der Waals surface area contributed by atoms with Gasteiger partial charge in [0.05, 0.1) is 26.4 Å². The zero-order valence-electron chi connectivity index (χ0n) is 25.9. The summed E-state index contributed by atoms with van der Waals surface area (Å²) in [6.45, 7) is 0.131. The minimum atomic E-state index is -4.52. The SMILES string of the molecule is CCCCCCCCCCCCCCCCCC(=O)OC[C@@H](O)COP(=O)(O)OCCNC[C@@]1(O)OC[C@@H](O)[C@@H](O)[C@@H]1O. The van der Waals surface area contributed by atoms with Gasteiger partial charge in [0, 0.05) is 13.0 Å². The number of hydrogen-bond donors (Lipinski definition) is 7. The number of phosphoric ester groups is 1. The Balaban J connectivity index is 1.97. The van der Waals surface area contributed by atoms with Crippen molar-refractivity contribution in [2.24, 2.45) is 0 Å². The van der Waals surface area contributed by atoms with E-state index >= 15 is 0 Å². The van der Waals surface area contributed by atoms with Crippen molar-refractivity contribution in [3.63, 3.8) is 0 Å². The smallest absolute Gasteiger partial charge is 0.463 e. The normalized spacial score (nSPS) is 24.5. The molecule has 0 saturated carbocycles. The molecule has 14 heteroatoms. The number of phosphoric acid groups is 1. The van der Waals surface area contributed by atoms with Crippen LogP contribution in [0.1, 0.15) is 110 Å². The first-order valence-corrected chi connectivity index (χ1v) is 17.6. The Morgan fingerprint density at radius 1 is 0.907 bits per heavy atom. The first kappa shape index (κ1) is 40.3. The number of ether oxygens (including phenoxy) is 2. The highest BCUT2D eigenvalue weighted by Gasteiger charge is 2.48. The molecule has 256 valence electrons. The van der Waals surface area contributed by atoms with Crippen LogP contribution in [0.2, 0.25) is 0 Å². The lowest BCUT2D eigenvalue weighted by Crippen LogP contribution is -2.64. The summed E-state index contributed by atoms with van der Waals surface area (Å²) in [6, 6.07) is 0. The molecular formula is C29H58NO12P. The molecule has 0 aromatic rings. The van der Waals surface area contributed by atoms with E-state index in [0.29, 0.717) is 6.42 Å². The van der Waals surface area contributed by atoms with E-state index in [1.54, 1.807) is 0 Å². The zero-order valence-corrected chi connectivity index (χ0v) is 26.8. The molecule has 1 saturated heterocycles. The molecule has 43 heavy (non-hydrogen) atoms. The van der Waals surface area contributed by atoms with Gasteiger partial charge < -0.3 is 45.2 Å². The monoisotopic (exact) mass is 643 g/mol. The van der Waals surface area contributed by atoms with Crippen LogP contribution in [0.5, 0.6) is 0 Å². The van der Waals surface area contributed by atoms with Gasteiger partial charge >= 0.3 is 13.8 Å². The van der Waals surface area contributed by atoms with E-state index in [2.05, 4.69) is 12.2 Å². The van der Waals surface area contributed by atoms with E-state index in [-0.39, 0.29) is 39.3 Å². The number of unbranched alkanes of at least 4 members (excludes halogenated alkanes) is 14. The van der Waals surface area contributed by atoms with Gasteiger partial charge in [-0.05, 0) is 6.42 Å². The summed E-state index contributed by atoms with van der Waals surface area (Å²) in [5.41, 5.74) is 0. The average molecular weight is 644 g/mol. The molecule has 1 rings (SSSR count). The number of rotatable bonds is 27. The van der Waals surface area contributed by atoms with Crippen LogP contribution >= 0.6 is 7.82 Å². The van der Waals surface area contributed by atoms with Crippen LogP contribution in [0.25, 0.3) is 0 Å². The molecule has 1 aliphatic rings. The van der Waals surface area contributed by atoms with Gasteiger partial charge in [0.15, 0.2) is 0 Å².